The lowest BCUT2D eigenvalue weighted by Crippen LogP contribution is -2.08. The Morgan fingerprint density at radius 1 is 1.58 bits per heavy atom. The number of hydrogen-bond acceptors (Lipinski definition) is 3. The molecule has 0 radical (unpaired) electrons. The Balaban J connectivity index is 2.48. The number of nitrogens with one attached hydrogen (secondary N) is 1. The van der Waals surface area contributed by atoms with E-state index in [-0.39, 0.29) is 0 Å². The van der Waals surface area contributed by atoms with Gasteiger partial charge in [0.1, 0.15) is 5.82 Å². The van der Waals surface area contributed by atoms with Crippen LogP contribution in [0, 0.1) is 0 Å². The fourth-order valence-corrected chi connectivity index (χ4v) is 1.39. The van der Waals surface area contributed by atoms with Crippen molar-refractivity contribution in [2.75, 3.05) is 5.32 Å². The highest BCUT2D eigenvalue weighted by Crippen LogP contribution is 2.20. The van der Waals surface area contributed by atoms with Crippen LogP contribution in [0.15, 0.2) is 24.5 Å². The molecule has 1 aliphatic heterocycles. The van der Waals surface area contributed by atoms with E-state index in [9.17, 15) is 0 Å². The second-order valence-electron chi connectivity index (χ2n) is 2.75. The van der Waals surface area contributed by atoms with Gasteiger partial charge in [-0.3, -0.25) is 0 Å². The topological polar surface area (TPSA) is 50.9 Å². The first-order valence-electron chi connectivity index (χ1n) is 4.00. The summed E-state index contributed by atoms with van der Waals surface area (Å²) in [7, 11) is 0. The Bertz CT molecular complexity index is 318. The van der Waals surface area contributed by atoms with E-state index in [2.05, 4.69) is 16.4 Å². The minimum atomic E-state index is 0.584. The van der Waals surface area contributed by atoms with Gasteiger partial charge in [-0.2, -0.15) is 0 Å². The van der Waals surface area contributed by atoms with Gasteiger partial charge in [0.2, 0.25) is 0 Å². The van der Waals surface area contributed by atoms with E-state index < -0.39 is 0 Å². The third-order valence-corrected chi connectivity index (χ3v) is 2.03. The summed E-state index contributed by atoms with van der Waals surface area (Å²) >= 11 is 0. The van der Waals surface area contributed by atoms with E-state index in [4.69, 9.17) is 5.73 Å². The predicted molar refractivity (Wildman–Crippen MR) is 48.6 cm³/mol. The maximum atomic E-state index is 5.59. The number of rotatable bonds is 1. The molecule has 0 aromatic carbocycles. The summed E-state index contributed by atoms with van der Waals surface area (Å²) in [5, 5.41) is 3.09. The van der Waals surface area contributed by atoms with Gasteiger partial charge in [-0.15, -0.1) is 0 Å². The molecule has 2 heterocycles. The van der Waals surface area contributed by atoms with Gasteiger partial charge in [0, 0.05) is 18.3 Å². The number of hydrogen-bond donors (Lipinski definition) is 2. The van der Waals surface area contributed by atoms with Gasteiger partial charge in [-0.1, -0.05) is 6.08 Å². The summed E-state index contributed by atoms with van der Waals surface area (Å²) in [6.07, 6.45) is 6.70. The quantitative estimate of drug-likeness (QED) is 0.646. The molecule has 0 spiro atoms. The first-order valence-corrected chi connectivity index (χ1v) is 4.00. The fourth-order valence-electron chi connectivity index (χ4n) is 1.39. The smallest absolute Gasteiger partial charge is 0.133 e. The van der Waals surface area contributed by atoms with Crippen molar-refractivity contribution in [3.63, 3.8) is 0 Å². The van der Waals surface area contributed by atoms with Gasteiger partial charge in [0.15, 0.2) is 0 Å². The number of allylic oxidation sites excluding steroid dienone is 1. The van der Waals surface area contributed by atoms with Gasteiger partial charge in [0.25, 0.3) is 0 Å². The molecule has 0 saturated heterocycles. The molecule has 0 amide bonds. The normalized spacial score (nSPS) is 13.8. The van der Waals surface area contributed by atoms with E-state index in [0.717, 1.165) is 12.2 Å². The van der Waals surface area contributed by atoms with E-state index in [1.807, 2.05) is 12.3 Å². The van der Waals surface area contributed by atoms with E-state index in [0.29, 0.717) is 6.54 Å². The second kappa shape index (κ2) is 2.95. The largest absolute Gasteiger partial charge is 0.347 e. The summed E-state index contributed by atoms with van der Waals surface area (Å²) in [5.41, 5.74) is 8.00. The average molecular weight is 161 g/mol. The lowest BCUT2D eigenvalue weighted by atomic mass is 10.0. The number of nitrogens with zero attached hydrogens (tertiary/aromatic N) is 1. The molecule has 1 aromatic rings. The Hall–Kier alpha value is -1.35. The van der Waals surface area contributed by atoms with Gasteiger partial charge in [0.05, 0.1) is 0 Å². The third-order valence-electron chi connectivity index (χ3n) is 2.03. The SMILES string of the molecule is NCc1ccnc2c1CC=CN2. The molecular weight excluding hydrogens is 150 g/mol. The van der Waals surface area contributed by atoms with Gasteiger partial charge >= 0.3 is 0 Å². The van der Waals surface area contributed by atoms with Crippen LogP contribution in [0.5, 0.6) is 0 Å². The summed E-state index contributed by atoms with van der Waals surface area (Å²) in [5.74, 6) is 0.945. The van der Waals surface area contributed by atoms with Crippen LogP contribution in [0.4, 0.5) is 5.82 Å². The van der Waals surface area contributed by atoms with Crippen LogP contribution >= 0.6 is 0 Å². The number of nitrogens with two attached hydrogens (primary N) is 1. The standard InChI is InChI=1S/C9H11N3/c10-6-7-3-5-12-9-8(7)2-1-4-11-9/h1,3-5H,2,6,10H2,(H,11,12). The molecule has 0 bridgehead atoms. The Kier molecular flexibility index (Phi) is 1.80. The summed E-state index contributed by atoms with van der Waals surface area (Å²) in [6, 6.07) is 1.97. The van der Waals surface area contributed by atoms with Gasteiger partial charge in [-0.25, -0.2) is 4.98 Å². The molecular formula is C9H11N3. The molecule has 0 aliphatic carbocycles. The molecule has 62 valence electrons. The molecule has 2 rings (SSSR count). The third kappa shape index (κ3) is 1.08. The Morgan fingerprint density at radius 2 is 2.50 bits per heavy atom. The molecule has 3 N–H and O–H groups in total. The molecule has 0 atom stereocenters. The summed E-state index contributed by atoms with van der Waals surface area (Å²) < 4.78 is 0. The van der Waals surface area contributed by atoms with Crippen molar-refractivity contribution in [2.24, 2.45) is 5.73 Å². The number of aromatic nitrogens is 1. The molecule has 1 aromatic heterocycles. The van der Waals surface area contributed by atoms with Crippen LogP contribution in [0.25, 0.3) is 0 Å². The molecule has 1 aliphatic rings. The maximum Gasteiger partial charge on any atom is 0.133 e. The van der Waals surface area contributed by atoms with Crippen molar-refractivity contribution in [1.29, 1.82) is 0 Å². The second-order valence-corrected chi connectivity index (χ2v) is 2.75. The number of pyridine rings is 1. The Labute approximate surface area is 71.3 Å². The van der Waals surface area contributed by atoms with E-state index >= 15 is 0 Å². The van der Waals surface area contributed by atoms with E-state index in [1.54, 1.807) is 6.20 Å². The van der Waals surface area contributed by atoms with Crippen LogP contribution < -0.4 is 11.1 Å². The van der Waals surface area contributed by atoms with Crippen LogP contribution in [-0.2, 0) is 13.0 Å². The monoisotopic (exact) mass is 161 g/mol. The Morgan fingerprint density at radius 3 is 3.33 bits per heavy atom. The van der Waals surface area contributed by atoms with Crippen molar-refractivity contribution in [3.05, 3.63) is 35.7 Å². The van der Waals surface area contributed by atoms with Crippen molar-refractivity contribution in [1.82, 2.24) is 4.98 Å². The van der Waals surface area contributed by atoms with E-state index in [1.165, 1.54) is 11.1 Å². The number of fused-ring (bicyclic) bond motifs is 1. The van der Waals surface area contributed by atoms with Gasteiger partial charge < -0.3 is 11.1 Å². The first-order chi connectivity index (χ1) is 5.92. The first kappa shape index (κ1) is 7.31. The highest BCUT2D eigenvalue weighted by molar-refractivity contribution is 5.53. The molecule has 0 saturated carbocycles. The predicted octanol–water partition coefficient (Wildman–Crippen LogP) is 1.02. The van der Waals surface area contributed by atoms with Gasteiger partial charge in [-0.05, 0) is 24.3 Å². The maximum absolute atomic E-state index is 5.59. The molecule has 0 unspecified atom stereocenters. The summed E-state index contributed by atoms with van der Waals surface area (Å²) in [6.45, 7) is 0.584. The highest BCUT2D eigenvalue weighted by atomic mass is 15.0. The molecule has 3 heteroatoms. The van der Waals surface area contributed by atoms with Crippen LogP contribution in [0.1, 0.15) is 11.1 Å². The highest BCUT2D eigenvalue weighted by Gasteiger charge is 2.08. The molecule has 12 heavy (non-hydrogen) atoms. The van der Waals surface area contributed by atoms with Crippen molar-refractivity contribution in [2.45, 2.75) is 13.0 Å². The minimum absolute atomic E-state index is 0.584. The zero-order chi connectivity index (χ0) is 8.39. The lowest BCUT2D eigenvalue weighted by molar-refractivity contribution is 1.00. The molecule has 3 nitrogen and oxygen atoms in total. The zero-order valence-corrected chi connectivity index (χ0v) is 6.75. The van der Waals surface area contributed by atoms with Crippen molar-refractivity contribution >= 4 is 5.82 Å². The zero-order valence-electron chi connectivity index (χ0n) is 6.75. The average Bonchev–Trinajstić information content (AvgIpc) is 2.17. The molecule has 0 fully saturated rings. The van der Waals surface area contributed by atoms with Crippen molar-refractivity contribution < 1.29 is 0 Å². The fraction of sp³-hybridized carbons (Fsp3) is 0.222. The summed E-state index contributed by atoms with van der Waals surface area (Å²) in [4.78, 5) is 4.21. The lowest BCUT2D eigenvalue weighted by Gasteiger charge is -2.14. The minimum Gasteiger partial charge on any atom is -0.347 e. The van der Waals surface area contributed by atoms with Crippen molar-refractivity contribution in [3.8, 4) is 0 Å². The van der Waals surface area contributed by atoms with Crippen LogP contribution in [-0.4, -0.2) is 4.98 Å². The van der Waals surface area contributed by atoms with Crippen LogP contribution in [0.2, 0.25) is 0 Å². The van der Waals surface area contributed by atoms with Crippen LogP contribution in [0.3, 0.4) is 0 Å². The number of anilines is 1.